The van der Waals surface area contributed by atoms with Crippen LogP contribution >= 0.6 is 0 Å². The van der Waals surface area contributed by atoms with Gasteiger partial charge < -0.3 is 5.32 Å². The Morgan fingerprint density at radius 3 is 2.54 bits per heavy atom. The normalized spacial score (nSPS) is 18.0. The van der Waals surface area contributed by atoms with Gasteiger partial charge in [-0.05, 0) is 31.5 Å². The molecular formula is C20H29N5O. The molecule has 0 aliphatic carbocycles. The predicted molar refractivity (Wildman–Crippen MR) is 101 cm³/mol. The number of carbonyl (C=O) groups excluding carboxylic acids is 1. The zero-order valence-corrected chi connectivity index (χ0v) is 15.6. The second-order valence-electron chi connectivity index (χ2n) is 7.14. The minimum Gasteiger partial charge on any atom is -0.354 e. The van der Waals surface area contributed by atoms with E-state index in [0.29, 0.717) is 13.1 Å². The lowest BCUT2D eigenvalue weighted by molar-refractivity contribution is -0.125. The molecule has 2 aromatic rings. The molecule has 140 valence electrons. The van der Waals surface area contributed by atoms with E-state index in [1.165, 1.54) is 37.6 Å². The van der Waals surface area contributed by atoms with E-state index in [0.717, 1.165) is 13.1 Å². The van der Waals surface area contributed by atoms with Gasteiger partial charge >= 0.3 is 0 Å². The molecule has 1 aromatic carbocycles. The molecular weight excluding hydrogens is 326 g/mol. The smallest absolute Gasteiger partial charge is 0.224 e. The summed E-state index contributed by atoms with van der Waals surface area (Å²) in [6.45, 7) is 5.32. The highest BCUT2D eigenvalue weighted by Gasteiger charge is 2.23. The lowest BCUT2D eigenvalue weighted by atomic mass is 10.0. The van der Waals surface area contributed by atoms with Gasteiger partial charge in [0.05, 0.1) is 18.5 Å². The van der Waals surface area contributed by atoms with E-state index in [9.17, 15) is 4.79 Å². The van der Waals surface area contributed by atoms with Crippen LogP contribution in [-0.2, 0) is 11.3 Å². The predicted octanol–water partition coefficient (Wildman–Crippen LogP) is 2.65. The molecule has 1 aliphatic rings. The number of hydrogen-bond acceptors (Lipinski definition) is 4. The maximum atomic E-state index is 12.6. The van der Waals surface area contributed by atoms with Crippen LogP contribution in [0.5, 0.6) is 0 Å². The topological polar surface area (TPSA) is 63.1 Å². The van der Waals surface area contributed by atoms with E-state index in [-0.39, 0.29) is 17.9 Å². The first-order valence-corrected chi connectivity index (χ1v) is 9.63. The molecule has 1 saturated heterocycles. The Morgan fingerprint density at radius 1 is 1.15 bits per heavy atom. The maximum absolute atomic E-state index is 12.6. The largest absolute Gasteiger partial charge is 0.354 e. The van der Waals surface area contributed by atoms with Crippen molar-refractivity contribution in [2.24, 2.45) is 5.92 Å². The zero-order chi connectivity index (χ0) is 18.2. The van der Waals surface area contributed by atoms with Crippen molar-refractivity contribution in [3.05, 3.63) is 48.5 Å². The third-order valence-corrected chi connectivity index (χ3v) is 5.11. The van der Waals surface area contributed by atoms with E-state index in [1.54, 1.807) is 11.0 Å². The summed E-state index contributed by atoms with van der Waals surface area (Å²) in [5, 5.41) is 7.25. The first kappa shape index (κ1) is 18.6. The fourth-order valence-corrected chi connectivity index (χ4v) is 3.60. The number of carbonyl (C=O) groups is 1. The molecule has 0 unspecified atom stereocenters. The molecule has 0 bridgehead atoms. The van der Waals surface area contributed by atoms with Gasteiger partial charge in [0.1, 0.15) is 12.7 Å². The van der Waals surface area contributed by atoms with Gasteiger partial charge in [0.25, 0.3) is 0 Å². The first-order valence-electron chi connectivity index (χ1n) is 9.63. The first-order chi connectivity index (χ1) is 12.7. The van der Waals surface area contributed by atoms with Crippen molar-refractivity contribution in [3.63, 3.8) is 0 Å². The Morgan fingerprint density at radius 2 is 1.88 bits per heavy atom. The molecule has 6 nitrogen and oxygen atoms in total. The van der Waals surface area contributed by atoms with Crippen molar-refractivity contribution in [1.82, 2.24) is 25.0 Å². The molecule has 1 aliphatic heterocycles. The second kappa shape index (κ2) is 9.48. The highest BCUT2D eigenvalue weighted by Crippen LogP contribution is 2.23. The number of hydrogen-bond donors (Lipinski definition) is 1. The molecule has 0 saturated carbocycles. The quantitative estimate of drug-likeness (QED) is 0.829. The van der Waals surface area contributed by atoms with Gasteiger partial charge in [0.2, 0.25) is 5.91 Å². The van der Waals surface area contributed by atoms with Gasteiger partial charge in [-0.3, -0.25) is 14.4 Å². The number of likely N-dealkylation sites (tertiary alicyclic amines) is 1. The van der Waals surface area contributed by atoms with Crippen LogP contribution in [0.1, 0.15) is 44.2 Å². The number of benzene rings is 1. The molecule has 3 rings (SSSR count). The van der Waals surface area contributed by atoms with Gasteiger partial charge in [-0.25, -0.2) is 4.98 Å². The van der Waals surface area contributed by atoms with E-state index in [2.05, 4.69) is 44.6 Å². The van der Waals surface area contributed by atoms with E-state index < -0.39 is 0 Å². The maximum Gasteiger partial charge on any atom is 0.224 e. The number of nitrogens with zero attached hydrogens (tertiary/aromatic N) is 4. The van der Waals surface area contributed by atoms with Crippen LogP contribution in [0.15, 0.2) is 43.0 Å². The van der Waals surface area contributed by atoms with Gasteiger partial charge in [0, 0.05) is 6.54 Å². The molecule has 6 heteroatoms. The van der Waals surface area contributed by atoms with E-state index in [4.69, 9.17) is 0 Å². The van der Waals surface area contributed by atoms with Crippen molar-refractivity contribution in [2.45, 2.75) is 45.2 Å². The number of nitrogens with one attached hydrogen (secondary N) is 1. The minimum absolute atomic E-state index is 0.0660. The molecule has 2 atom stereocenters. The number of aromatic nitrogens is 3. The third-order valence-electron chi connectivity index (χ3n) is 5.11. The fraction of sp³-hybridized carbons (Fsp3) is 0.550. The summed E-state index contributed by atoms with van der Waals surface area (Å²) < 4.78 is 1.70. The van der Waals surface area contributed by atoms with Gasteiger partial charge in [-0.15, -0.1) is 0 Å². The van der Waals surface area contributed by atoms with Gasteiger partial charge in [-0.2, -0.15) is 5.10 Å². The summed E-state index contributed by atoms with van der Waals surface area (Å²) in [4.78, 5) is 19.0. The van der Waals surface area contributed by atoms with Crippen LogP contribution in [0.25, 0.3) is 0 Å². The number of rotatable bonds is 7. The van der Waals surface area contributed by atoms with Crippen molar-refractivity contribution in [3.8, 4) is 0 Å². The SMILES string of the molecule is C[C@@H](Cn1cncn1)C(=O)NC[C@H](c1ccccc1)N1CCCCCC1. The molecule has 2 heterocycles. The minimum atomic E-state index is -0.141. The number of amides is 1. The Kier molecular flexibility index (Phi) is 6.77. The Labute approximate surface area is 155 Å². The molecule has 0 radical (unpaired) electrons. The van der Waals surface area contributed by atoms with Crippen LogP contribution in [0.4, 0.5) is 0 Å². The Hall–Kier alpha value is -2.21. The summed E-state index contributed by atoms with van der Waals surface area (Å²) in [6.07, 6.45) is 8.22. The Balaban J connectivity index is 1.62. The van der Waals surface area contributed by atoms with Crippen molar-refractivity contribution < 1.29 is 4.79 Å². The fourth-order valence-electron chi connectivity index (χ4n) is 3.60. The van der Waals surface area contributed by atoms with Crippen molar-refractivity contribution in [1.29, 1.82) is 0 Å². The van der Waals surface area contributed by atoms with Gasteiger partial charge in [0.15, 0.2) is 0 Å². The summed E-state index contributed by atoms with van der Waals surface area (Å²) in [5.74, 6) is -0.0755. The average Bonchev–Trinajstić information content (AvgIpc) is 3.03. The molecule has 1 amide bonds. The van der Waals surface area contributed by atoms with Crippen LogP contribution in [0.2, 0.25) is 0 Å². The van der Waals surface area contributed by atoms with Crippen LogP contribution < -0.4 is 5.32 Å². The molecule has 26 heavy (non-hydrogen) atoms. The van der Waals surface area contributed by atoms with Crippen LogP contribution in [-0.4, -0.2) is 45.2 Å². The molecule has 1 fully saturated rings. The van der Waals surface area contributed by atoms with Crippen LogP contribution in [0, 0.1) is 5.92 Å². The lowest BCUT2D eigenvalue weighted by Crippen LogP contribution is -2.40. The zero-order valence-electron chi connectivity index (χ0n) is 15.6. The van der Waals surface area contributed by atoms with E-state index >= 15 is 0 Å². The molecule has 0 spiro atoms. The van der Waals surface area contributed by atoms with Gasteiger partial charge in [-0.1, -0.05) is 50.1 Å². The monoisotopic (exact) mass is 355 g/mol. The third kappa shape index (κ3) is 5.14. The standard InChI is InChI=1S/C20H29N5O/c1-17(14-25-16-21-15-23-25)20(26)22-13-19(18-9-5-4-6-10-18)24-11-7-2-3-8-12-24/h4-6,9-10,15-17,19H,2-3,7-8,11-14H2,1H3,(H,22,26)/t17-,19+/m0/s1. The van der Waals surface area contributed by atoms with Crippen molar-refractivity contribution in [2.75, 3.05) is 19.6 Å². The second-order valence-corrected chi connectivity index (χ2v) is 7.14. The van der Waals surface area contributed by atoms with Crippen LogP contribution in [0.3, 0.4) is 0 Å². The molecule has 1 aromatic heterocycles. The Bertz CT molecular complexity index is 650. The summed E-state index contributed by atoms with van der Waals surface area (Å²) in [6, 6.07) is 10.8. The summed E-state index contributed by atoms with van der Waals surface area (Å²) >= 11 is 0. The highest BCUT2D eigenvalue weighted by atomic mass is 16.1. The van der Waals surface area contributed by atoms with E-state index in [1.807, 2.05) is 13.0 Å². The summed E-state index contributed by atoms with van der Waals surface area (Å²) in [5.41, 5.74) is 1.28. The van der Waals surface area contributed by atoms with Crippen molar-refractivity contribution >= 4 is 5.91 Å². The highest BCUT2D eigenvalue weighted by molar-refractivity contribution is 5.78. The lowest BCUT2D eigenvalue weighted by Gasteiger charge is -2.31. The molecule has 1 N–H and O–H groups in total. The summed E-state index contributed by atoms with van der Waals surface area (Å²) in [7, 11) is 0. The average molecular weight is 355 g/mol.